The number of aromatic nitrogens is 10. The number of carbonyl (C=O) groups excluding carboxylic acids is 1. The molecular weight excluding hydrogens is 622 g/mol. The Kier molecular flexibility index (Phi) is 7.45. The molecule has 45 heavy (non-hydrogen) atoms. The highest BCUT2D eigenvalue weighted by atomic mass is 35.5. The molecule has 0 aliphatic carbocycles. The fourth-order valence-corrected chi connectivity index (χ4v) is 4.84. The van der Waals surface area contributed by atoms with Crippen molar-refractivity contribution in [1.82, 2.24) is 44.8 Å². The normalized spacial score (nSPS) is 12.4. The van der Waals surface area contributed by atoms with Gasteiger partial charge in [0.1, 0.15) is 12.0 Å². The molecule has 1 unspecified atom stereocenters. The van der Waals surface area contributed by atoms with Crippen LogP contribution in [0.4, 0.5) is 17.6 Å². The molecule has 0 fully saturated rings. The molecule has 0 aliphatic heterocycles. The van der Waals surface area contributed by atoms with Crippen molar-refractivity contribution in [3.8, 4) is 27.9 Å². The number of tetrazole rings is 1. The van der Waals surface area contributed by atoms with E-state index in [1.165, 1.54) is 75.5 Å². The number of hydrogen-bond acceptors (Lipinski definition) is 8. The largest absolute Gasteiger partial charge is 0.618 e. The number of rotatable bonds is 8. The van der Waals surface area contributed by atoms with Crippen LogP contribution in [0.2, 0.25) is 5.02 Å². The summed E-state index contributed by atoms with van der Waals surface area (Å²) < 4.78 is 59.6. The van der Waals surface area contributed by atoms with E-state index in [0.717, 1.165) is 18.5 Å². The molecule has 13 nitrogen and oxygen atoms in total. The summed E-state index contributed by atoms with van der Waals surface area (Å²) in [5.74, 6) is -1.53. The van der Waals surface area contributed by atoms with E-state index >= 15 is 4.39 Å². The SMILES string of the molecule is NC(=O)c1cnn(CC(c2ccc(-c3c(-n4cnnn4)ccc(Cl)c3F)c[n+]2[O-])n2cc(-c3ccnc(C(F)(F)F)c3)cn2)c1. The number of pyridine rings is 2. The molecule has 1 aromatic carbocycles. The Morgan fingerprint density at radius 1 is 1.07 bits per heavy atom. The smallest absolute Gasteiger partial charge is 0.433 e. The summed E-state index contributed by atoms with van der Waals surface area (Å²) in [5.41, 5.74) is 5.31. The Hall–Kier alpha value is -5.71. The van der Waals surface area contributed by atoms with Crippen LogP contribution in [0.3, 0.4) is 0 Å². The summed E-state index contributed by atoms with van der Waals surface area (Å²) in [6.45, 7) is -0.0540. The topological polar surface area (TPSA) is 162 Å². The van der Waals surface area contributed by atoms with Gasteiger partial charge < -0.3 is 10.9 Å². The van der Waals surface area contributed by atoms with Crippen LogP contribution < -0.4 is 10.5 Å². The van der Waals surface area contributed by atoms with Crippen molar-refractivity contribution in [3.63, 3.8) is 0 Å². The zero-order chi connectivity index (χ0) is 31.9. The van der Waals surface area contributed by atoms with Crippen LogP contribution in [0, 0.1) is 11.0 Å². The molecule has 0 spiro atoms. The number of primary amides is 1. The Bertz CT molecular complexity index is 2030. The number of carbonyl (C=O) groups is 1. The molecule has 1 atom stereocenters. The predicted molar refractivity (Wildman–Crippen MR) is 148 cm³/mol. The van der Waals surface area contributed by atoms with Crippen molar-refractivity contribution < 1.29 is 27.1 Å². The molecule has 0 aliphatic rings. The summed E-state index contributed by atoms with van der Waals surface area (Å²) in [6.07, 6.45) is 4.18. The average molecular weight is 640 g/mol. The van der Waals surface area contributed by atoms with Crippen LogP contribution in [0.1, 0.15) is 27.8 Å². The summed E-state index contributed by atoms with van der Waals surface area (Å²) in [6, 6.07) is 7.10. The van der Waals surface area contributed by atoms with Gasteiger partial charge in [0.25, 0.3) is 5.91 Å². The molecule has 5 heterocycles. The van der Waals surface area contributed by atoms with Gasteiger partial charge in [0.15, 0.2) is 18.1 Å². The first kappa shape index (κ1) is 29.4. The van der Waals surface area contributed by atoms with Gasteiger partial charge in [-0.15, -0.1) is 5.10 Å². The van der Waals surface area contributed by atoms with Gasteiger partial charge in [-0.25, -0.2) is 4.39 Å². The fraction of sp³-hybridized carbons (Fsp3) is 0.111. The van der Waals surface area contributed by atoms with Crippen molar-refractivity contribution in [2.75, 3.05) is 0 Å². The van der Waals surface area contributed by atoms with Crippen LogP contribution in [0.15, 0.2) is 79.9 Å². The molecule has 0 saturated carbocycles. The third kappa shape index (κ3) is 5.79. The lowest BCUT2D eigenvalue weighted by atomic mass is 10.0. The third-order valence-electron chi connectivity index (χ3n) is 6.83. The summed E-state index contributed by atoms with van der Waals surface area (Å²) in [5, 5.41) is 32.8. The van der Waals surface area contributed by atoms with Crippen LogP contribution in [0.25, 0.3) is 27.9 Å². The fourth-order valence-electron chi connectivity index (χ4n) is 4.68. The molecule has 228 valence electrons. The van der Waals surface area contributed by atoms with E-state index < -0.39 is 29.6 Å². The zero-order valence-electron chi connectivity index (χ0n) is 22.5. The van der Waals surface area contributed by atoms with Gasteiger partial charge in [-0.05, 0) is 46.3 Å². The minimum atomic E-state index is -4.66. The van der Waals surface area contributed by atoms with Gasteiger partial charge in [0, 0.05) is 30.2 Å². The lowest BCUT2D eigenvalue weighted by Crippen LogP contribution is -2.37. The van der Waals surface area contributed by atoms with E-state index in [9.17, 15) is 23.2 Å². The highest BCUT2D eigenvalue weighted by Gasteiger charge is 2.33. The second kappa shape index (κ2) is 11.4. The van der Waals surface area contributed by atoms with Gasteiger partial charge >= 0.3 is 6.18 Å². The molecule has 2 N–H and O–H groups in total. The van der Waals surface area contributed by atoms with E-state index in [2.05, 4.69) is 30.7 Å². The van der Waals surface area contributed by atoms with Gasteiger partial charge in [-0.1, -0.05) is 11.6 Å². The predicted octanol–water partition coefficient (Wildman–Crippen LogP) is 3.62. The van der Waals surface area contributed by atoms with E-state index in [4.69, 9.17) is 17.3 Å². The van der Waals surface area contributed by atoms with Crippen molar-refractivity contribution in [2.45, 2.75) is 18.8 Å². The summed E-state index contributed by atoms with van der Waals surface area (Å²) in [7, 11) is 0. The molecule has 0 radical (unpaired) electrons. The molecule has 5 aromatic heterocycles. The maximum Gasteiger partial charge on any atom is 0.433 e. The molecule has 0 saturated heterocycles. The average Bonchev–Trinajstić information content (AvgIpc) is 3.80. The molecular formula is C27H18ClF4N11O2. The van der Waals surface area contributed by atoms with Gasteiger partial charge in [-0.2, -0.15) is 32.8 Å². The zero-order valence-corrected chi connectivity index (χ0v) is 23.3. The Morgan fingerprint density at radius 2 is 1.89 bits per heavy atom. The second-order valence-electron chi connectivity index (χ2n) is 9.65. The number of alkyl halides is 3. The summed E-state index contributed by atoms with van der Waals surface area (Å²) >= 11 is 6.06. The first-order valence-corrected chi connectivity index (χ1v) is 13.2. The highest BCUT2D eigenvalue weighted by Crippen LogP contribution is 2.34. The highest BCUT2D eigenvalue weighted by molar-refractivity contribution is 6.31. The van der Waals surface area contributed by atoms with Crippen molar-refractivity contribution >= 4 is 17.5 Å². The second-order valence-corrected chi connectivity index (χ2v) is 10.1. The molecule has 6 aromatic rings. The van der Waals surface area contributed by atoms with Crippen LogP contribution >= 0.6 is 11.6 Å². The minimum absolute atomic E-state index is 0.0415. The van der Waals surface area contributed by atoms with Crippen LogP contribution in [-0.2, 0) is 12.7 Å². The van der Waals surface area contributed by atoms with Crippen molar-refractivity contribution in [2.24, 2.45) is 5.73 Å². The lowest BCUT2D eigenvalue weighted by Gasteiger charge is -2.18. The van der Waals surface area contributed by atoms with Crippen LogP contribution in [-0.4, -0.2) is 50.7 Å². The Labute approximate surface area is 254 Å². The quantitative estimate of drug-likeness (QED) is 0.150. The Balaban J connectivity index is 1.43. The third-order valence-corrected chi connectivity index (χ3v) is 7.12. The summed E-state index contributed by atoms with van der Waals surface area (Å²) in [4.78, 5) is 15.0. The molecule has 0 bridgehead atoms. The molecule has 18 heteroatoms. The number of halogens is 5. The number of nitrogens with zero attached hydrogens (tertiary/aromatic N) is 10. The minimum Gasteiger partial charge on any atom is -0.618 e. The first-order chi connectivity index (χ1) is 21.5. The number of amides is 1. The van der Waals surface area contributed by atoms with Gasteiger partial charge in [0.05, 0.1) is 46.3 Å². The molecule has 1 amide bonds. The van der Waals surface area contributed by atoms with E-state index in [1.54, 1.807) is 0 Å². The van der Waals surface area contributed by atoms with E-state index in [1.807, 2.05) is 0 Å². The Morgan fingerprint density at radius 3 is 2.58 bits per heavy atom. The number of nitrogens with two attached hydrogens (primary N) is 1. The maximum atomic E-state index is 15.4. The monoisotopic (exact) mass is 639 g/mol. The van der Waals surface area contributed by atoms with E-state index in [-0.39, 0.29) is 45.2 Å². The van der Waals surface area contributed by atoms with Gasteiger partial charge in [0.2, 0.25) is 5.69 Å². The number of hydrogen-bond donors (Lipinski definition) is 1. The standard InChI is InChI=1S/C27H18ClF4N11O2/c28-19-2-4-21(42-14-35-38-39-42)24(25(19)29)16-1-3-20(43(45)12-16)22(13-40-10-18(9-36-40)26(33)44)41-11-17(8-37-41)15-5-6-34-23(7-15)27(30,31)32/h1-12,14,22H,13H2,(H2,33,44). The van der Waals surface area contributed by atoms with Crippen molar-refractivity contribution in [3.05, 3.63) is 113 Å². The first-order valence-electron chi connectivity index (χ1n) is 12.8. The van der Waals surface area contributed by atoms with Crippen LogP contribution in [0.5, 0.6) is 0 Å². The van der Waals surface area contributed by atoms with E-state index in [0.29, 0.717) is 10.3 Å². The lowest BCUT2D eigenvalue weighted by molar-refractivity contribution is -0.615. The maximum absolute atomic E-state index is 15.4. The number of benzene rings is 1. The van der Waals surface area contributed by atoms with Crippen molar-refractivity contribution in [1.29, 1.82) is 0 Å². The molecule has 6 rings (SSSR count). The van der Waals surface area contributed by atoms with Gasteiger partial charge in [-0.3, -0.25) is 19.1 Å².